The van der Waals surface area contributed by atoms with Gasteiger partial charge in [0.2, 0.25) is 11.8 Å². The van der Waals surface area contributed by atoms with Crippen LogP contribution in [-0.2, 0) is 14.3 Å². The molecule has 1 heterocycles. The quantitative estimate of drug-likeness (QED) is 0.783. The van der Waals surface area contributed by atoms with Crippen molar-refractivity contribution in [2.45, 2.75) is 20.8 Å². The molecule has 0 radical (unpaired) electrons. The third-order valence-electron chi connectivity index (χ3n) is 2.56. The maximum Gasteiger partial charge on any atom is 0.248 e. The normalized spacial score (nSPS) is 16.6. The molecule has 1 N–H and O–H groups in total. The van der Waals surface area contributed by atoms with Gasteiger partial charge < -0.3 is 15.0 Å². The van der Waals surface area contributed by atoms with Gasteiger partial charge in [0.1, 0.15) is 6.61 Å². The van der Waals surface area contributed by atoms with Gasteiger partial charge in [-0.25, -0.2) is 0 Å². The van der Waals surface area contributed by atoms with Gasteiger partial charge >= 0.3 is 0 Å². The van der Waals surface area contributed by atoms with Crippen LogP contribution in [0.4, 0.5) is 0 Å². The highest BCUT2D eigenvalue weighted by atomic mass is 32.2. The zero-order valence-electron chi connectivity index (χ0n) is 12.0. The molecule has 19 heavy (non-hydrogen) atoms. The summed E-state index contributed by atoms with van der Waals surface area (Å²) >= 11 is 1.64. The molecule has 0 aliphatic carbocycles. The Morgan fingerprint density at radius 2 is 2.21 bits per heavy atom. The fourth-order valence-corrected chi connectivity index (χ4v) is 2.62. The van der Waals surface area contributed by atoms with Crippen LogP contribution < -0.4 is 5.32 Å². The van der Waals surface area contributed by atoms with E-state index in [1.165, 1.54) is 0 Å². The fourth-order valence-electron chi connectivity index (χ4n) is 1.62. The van der Waals surface area contributed by atoms with Crippen molar-refractivity contribution in [2.24, 2.45) is 5.41 Å². The third-order valence-corrected chi connectivity index (χ3v) is 4.09. The first-order chi connectivity index (χ1) is 8.88. The van der Waals surface area contributed by atoms with Gasteiger partial charge in [-0.15, -0.1) is 0 Å². The van der Waals surface area contributed by atoms with E-state index in [4.69, 9.17) is 4.74 Å². The monoisotopic (exact) mass is 288 g/mol. The van der Waals surface area contributed by atoms with Crippen molar-refractivity contribution in [1.29, 1.82) is 0 Å². The van der Waals surface area contributed by atoms with Crippen LogP contribution in [0.2, 0.25) is 0 Å². The van der Waals surface area contributed by atoms with E-state index in [9.17, 15) is 9.59 Å². The number of carbonyl (C=O) groups is 2. The van der Waals surface area contributed by atoms with Gasteiger partial charge in [0.25, 0.3) is 0 Å². The third kappa shape index (κ3) is 7.42. The van der Waals surface area contributed by atoms with Crippen LogP contribution in [-0.4, -0.2) is 61.1 Å². The number of carbonyl (C=O) groups excluding carboxylic acids is 2. The first-order valence-corrected chi connectivity index (χ1v) is 7.74. The highest BCUT2D eigenvalue weighted by Gasteiger charge is 2.18. The summed E-state index contributed by atoms with van der Waals surface area (Å²) in [5.41, 5.74) is 0.241. The van der Waals surface area contributed by atoms with Crippen molar-refractivity contribution >= 4 is 23.6 Å². The van der Waals surface area contributed by atoms with Gasteiger partial charge in [0.05, 0.1) is 12.4 Å². The number of morpholine rings is 1. The summed E-state index contributed by atoms with van der Waals surface area (Å²) in [6.45, 7) is 8.91. The second kappa shape index (κ2) is 7.75. The molecule has 1 rings (SSSR count). The average molecular weight is 288 g/mol. The molecule has 5 nitrogen and oxygen atoms in total. The van der Waals surface area contributed by atoms with E-state index in [1.807, 2.05) is 0 Å². The number of thioether (sulfide) groups is 1. The molecule has 110 valence electrons. The van der Waals surface area contributed by atoms with Gasteiger partial charge in [-0.05, 0) is 11.2 Å². The van der Waals surface area contributed by atoms with Crippen molar-refractivity contribution in [3.63, 3.8) is 0 Å². The molecule has 1 aliphatic rings. The molecule has 2 amide bonds. The van der Waals surface area contributed by atoms with Gasteiger partial charge in [-0.3, -0.25) is 9.59 Å². The molecule has 0 aromatic carbocycles. The van der Waals surface area contributed by atoms with Crippen molar-refractivity contribution in [1.82, 2.24) is 10.2 Å². The molecular weight excluding hydrogens is 264 g/mol. The molecule has 0 atom stereocenters. The van der Waals surface area contributed by atoms with Crippen molar-refractivity contribution in [2.75, 3.05) is 44.4 Å². The van der Waals surface area contributed by atoms with Crippen LogP contribution in [0.3, 0.4) is 0 Å². The maximum atomic E-state index is 11.6. The summed E-state index contributed by atoms with van der Waals surface area (Å²) in [6.07, 6.45) is 0. The SMILES string of the molecule is CC(C)(C)CSCC(=O)NCCN1CCOCC1=O. The molecule has 0 aromatic rings. The van der Waals surface area contributed by atoms with Crippen molar-refractivity contribution in [3.05, 3.63) is 0 Å². The summed E-state index contributed by atoms with van der Waals surface area (Å²) in [5.74, 6) is 1.48. The lowest BCUT2D eigenvalue weighted by Gasteiger charge is -2.26. The van der Waals surface area contributed by atoms with E-state index < -0.39 is 0 Å². The van der Waals surface area contributed by atoms with Gasteiger partial charge in [0, 0.05) is 19.6 Å². The van der Waals surface area contributed by atoms with Crippen molar-refractivity contribution in [3.8, 4) is 0 Å². The predicted octanol–water partition coefficient (Wildman–Crippen LogP) is 0.741. The van der Waals surface area contributed by atoms with E-state index in [0.29, 0.717) is 32.0 Å². The molecule has 1 saturated heterocycles. The number of hydrogen-bond donors (Lipinski definition) is 1. The Hall–Kier alpha value is -0.750. The Bertz CT molecular complexity index is 316. The van der Waals surface area contributed by atoms with E-state index in [2.05, 4.69) is 26.1 Å². The Balaban J connectivity index is 2.08. The minimum Gasteiger partial charge on any atom is -0.370 e. The molecule has 6 heteroatoms. The molecule has 1 aliphatic heterocycles. The van der Waals surface area contributed by atoms with Gasteiger partial charge in [-0.2, -0.15) is 11.8 Å². The number of nitrogens with zero attached hydrogens (tertiary/aromatic N) is 1. The standard InChI is InChI=1S/C13H24N2O3S/c1-13(2,3)10-19-9-11(16)14-4-5-15-6-7-18-8-12(15)17/h4-10H2,1-3H3,(H,14,16). The molecule has 0 unspecified atom stereocenters. The number of nitrogens with one attached hydrogen (secondary N) is 1. The lowest BCUT2D eigenvalue weighted by atomic mass is 10.0. The molecule has 1 fully saturated rings. The van der Waals surface area contributed by atoms with Gasteiger partial charge in [-0.1, -0.05) is 20.8 Å². The summed E-state index contributed by atoms with van der Waals surface area (Å²) in [6, 6.07) is 0. The molecule has 0 bridgehead atoms. The maximum absolute atomic E-state index is 11.6. The minimum absolute atomic E-state index is 0.00241. The second-order valence-electron chi connectivity index (χ2n) is 5.84. The summed E-state index contributed by atoms with van der Waals surface area (Å²) < 4.78 is 5.04. The Kier molecular flexibility index (Phi) is 6.65. The number of hydrogen-bond acceptors (Lipinski definition) is 4. The lowest BCUT2D eigenvalue weighted by molar-refractivity contribution is -0.142. The second-order valence-corrected chi connectivity index (χ2v) is 6.82. The lowest BCUT2D eigenvalue weighted by Crippen LogP contribution is -2.45. The zero-order chi connectivity index (χ0) is 14.3. The predicted molar refractivity (Wildman–Crippen MR) is 77.2 cm³/mol. The van der Waals surface area contributed by atoms with E-state index in [0.717, 1.165) is 5.75 Å². The van der Waals surface area contributed by atoms with Crippen LogP contribution in [0.5, 0.6) is 0 Å². The van der Waals surface area contributed by atoms with E-state index in [1.54, 1.807) is 16.7 Å². The number of rotatable bonds is 6. The Labute approximate surface area is 119 Å². The Morgan fingerprint density at radius 1 is 1.47 bits per heavy atom. The fraction of sp³-hybridized carbons (Fsp3) is 0.846. The largest absolute Gasteiger partial charge is 0.370 e. The van der Waals surface area contributed by atoms with Crippen molar-refractivity contribution < 1.29 is 14.3 Å². The van der Waals surface area contributed by atoms with Crippen LogP contribution >= 0.6 is 11.8 Å². The van der Waals surface area contributed by atoms with E-state index >= 15 is 0 Å². The smallest absolute Gasteiger partial charge is 0.248 e. The molecular formula is C13H24N2O3S. The summed E-state index contributed by atoms with van der Waals surface area (Å²) in [7, 11) is 0. The van der Waals surface area contributed by atoms with Crippen LogP contribution in [0, 0.1) is 5.41 Å². The zero-order valence-corrected chi connectivity index (χ0v) is 12.8. The van der Waals surface area contributed by atoms with Crippen LogP contribution in [0.1, 0.15) is 20.8 Å². The number of ether oxygens (including phenoxy) is 1. The minimum atomic E-state index is 0.00241. The first kappa shape index (κ1) is 16.3. The topological polar surface area (TPSA) is 58.6 Å². The highest BCUT2D eigenvalue weighted by molar-refractivity contribution is 7.99. The number of amides is 2. The summed E-state index contributed by atoms with van der Waals surface area (Å²) in [4.78, 5) is 24.8. The molecule has 0 saturated carbocycles. The molecule has 0 spiro atoms. The van der Waals surface area contributed by atoms with E-state index in [-0.39, 0.29) is 23.8 Å². The van der Waals surface area contributed by atoms with Gasteiger partial charge in [0.15, 0.2) is 0 Å². The highest BCUT2D eigenvalue weighted by Crippen LogP contribution is 2.19. The van der Waals surface area contributed by atoms with Crippen LogP contribution in [0.25, 0.3) is 0 Å². The van der Waals surface area contributed by atoms with Crippen LogP contribution in [0.15, 0.2) is 0 Å². The summed E-state index contributed by atoms with van der Waals surface area (Å²) in [5, 5.41) is 2.84. The molecule has 0 aromatic heterocycles. The Morgan fingerprint density at radius 3 is 2.84 bits per heavy atom. The first-order valence-electron chi connectivity index (χ1n) is 6.58. The average Bonchev–Trinajstić information content (AvgIpc) is 2.30.